The number of nitrogens with zero attached hydrogens (tertiary/aromatic N) is 1. The van der Waals surface area contributed by atoms with Crippen LogP contribution in [0.3, 0.4) is 0 Å². The molecule has 2 amide bonds. The first-order valence-corrected chi connectivity index (χ1v) is 4.81. The van der Waals surface area contributed by atoms with Crippen molar-refractivity contribution in [2.75, 3.05) is 0 Å². The van der Waals surface area contributed by atoms with E-state index in [-0.39, 0.29) is 11.3 Å². The van der Waals surface area contributed by atoms with E-state index in [1.54, 1.807) is 6.92 Å². The number of carbonyl (C=O) groups is 2. The standard InChI is InChI=1S/C11H8N2O4/c1-6-4-7(13(16)17)2-3-8(6)9-5-10(14)12-11(9)15/h2-5H,1H3,(H,12,14,15). The van der Waals surface area contributed by atoms with Gasteiger partial charge in [-0.25, -0.2) is 0 Å². The summed E-state index contributed by atoms with van der Waals surface area (Å²) in [5.74, 6) is -0.949. The minimum atomic E-state index is -0.509. The van der Waals surface area contributed by atoms with Crippen LogP contribution in [-0.4, -0.2) is 16.7 Å². The molecule has 1 heterocycles. The molecule has 0 fully saturated rings. The molecule has 0 saturated heterocycles. The van der Waals surface area contributed by atoms with Crippen LogP contribution in [0.1, 0.15) is 11.1 Å². The van der Waals surface area contributed by atoms with Gasteiger partial charge in [0.15, 0.2) is 0 Å². The highest BCUT2D eigenvalue weighted by atomic mass is 16.6. The van der Waals surface area contributed by atoms with Crippen molar-refractivity contribution in [3.63, 3.8) is 0 Å². The Balaban J connectivity index is 2.48. The van der Waals surface area contributed by atoms with E-state index in [0.29, 0.717) is 11.1 Å². The Hall–Kier alpha value is -2.50. The molecule has 6 heteroatoms. The largest absolute Gasteiger partial charge is 0.289 e. The zero-order valence-electron chi connectivity index (χ0n) is 8.89. The molecule has 1 aliphatic heterocycles. The van der Waals surface area contributed by atoms with E-state index >= 15 is 0 Å². The van der Waals surface area contributed by atoms with Gasteiger partial charge in [0.25, 0.3) is 17.5 Å². The molecule has 0 bridgehead atoms. The number of imide groups is 1. The molecule has 1 aromatic rings. The number of benzene rings is 1. The Kier molecular flexibility index (Phi) is 2.47. The number of aryl methyl sites for hydroxylation is 1. The Morgan fingerprint density at radius 2 is 2.00 bits per heavy atom. The summed E-state index contributed by atoms with van der Waals surface area (Å²) >= 11 is 0. The van der Waals surface area contributed by atoms with Crippen LogP contribution < -0.4 is 5.32 Å². The van der Waals surface area contributed by atoms with Gasteiger partial charge in [-0.1, -0.05) is 0 Å². The van der Waals surface area contributed by atoms with Gasteiger partial charge < -0.3 is 0 Å². The zero-order chi connectivity index (χ0) is 12.6. The van der Waals surface area contributed by atoms with Gasteiger partial charge in [-0.05, 0) is 24.1 Å². The molecule has 0 atom stereocenters. The van der Waals surface area contributed by atoms with Gasteiger partial charge in [0, 0.05) is 18.2 Å². The molecule has 17 heavy (non-hydrogen) atoms. The van der Waals surface area contributed by atoms with Gasteiger partial charge in [0.2, 0.25) is 0 Å². The van der Waals surface area contributed by atoms with Crippen LogP contribution >= 0.6 is 0 Å². The monoisotopic (exact) mass is 232 g/mol. The van der Waals surface area contributed by atoms with Crippen molar-refractivity contribution in [3.8, 4) is 0 Å². The molecule has 1 N–H and O–H groups in total. The molecule has 0 saturated carbocycles. The third-order valence-corrected chi connectivity index (χ3v) is 2.47. The topological polar surface area (TPSA) is 89.3 Å². The normalized spacial score (nSPS) is 14.5. The number of rotatable bonds is 2. The maximum absolute atomic E-state index is 11.4. The minimum Gasteiger partial charge on any atom is -0.289 e. The molecule has 0 spiro atoms. The fourth-order valence-electron chi connectivity index (χ4n) is 1.68. The van der Waals surface area contributed by atoms with Crippen molar-refractivity contribution in [1.29, 1.82) is 0 Å². The summed E-state index contributed by atoms with van der Waals surface area (Å²) in [5, 5.41) is 12.7. The Morgan fingerprint density at radius 1 is 1.29 bits per heavy atom. The van der Waals surface area contributed by atoms with Crippen LogP contribution in [-0.2, 0) is 9.59 Å². The van der Waals surface area contributed by atoms with Gasteiger partial charge >= 0.3 is 0 Å². The summed E-state index contributed by atoms with van der Waals surface area (Å²) in [6.45, 7) is 1.65. The lowest BCUT2D eigenvalue weighted by atomic mass is 10.0. The number of amides is 2. The average Bonchev–Trinajstić information content (AvgIpc) is 2.57. The zero-order valence-corrected chi connectivity index (χ0v) is 8.89. The van der Waals surface area contributed by atoms with E-state index in [1.807, 2.05) is 0 Å². The summed E-state index contributed by atoms with van der Waals surface area (Å²) in [6.07, 6.45) is 1.19. The Morgan fingerprint density at radius 3 is 2.47 bits per heavy atom. The first kappa shape index (κ1) is 11.0. The number of carbonyl (C=O) groups excluding carboxylic acids is 2. The Bertz CT molecular complexity index is 575. The second-order valence-electron chi connectivity index (χ2n) is 3.63. The molecular formula is C11H8N2O4. The van der Waals surface area contributed by atoms with Gasteiger partial charge in [0.1, 0.15) is 0 Å². The van der Waals surface area contributed by atoms with Crippen molar-refractivity contribution in [2.24, 2.45) is 0 Å². The van der Waals surface area contributed by atoms with Crippen LogP contribution in [0, 0.1) is 17.0 Å². The Labute approximate surface area is 96.1 Å². The number of nitro groups is 1. The minimum absolute atomic E-state index is 0.0448. The predicted molar refractivity (Wildman–Crippen MR) is 59.0 cm³/mol. The lowest BCUT2D eigenvalue weighted by Gasteiger charge is -2.04. The lowest BCUT2D eigenvalue weighted by Crippen LogP contribution is -2.21. The van der Waals surface area contributed by atoms with E-state index in [0.717, 1.165) is 0 Å². The molecule has 86 valence electrons. The van der Waals surface area contributed by atoms with E-state index in [2.05, 4.69) is 5.32 Å². The summed E-state index contributed by atoms with van der Waals surface area (Å²) in [4.78, 5) is 32.5. The molecule has 0 aliphatic carbocycles. The fraction of sp³-hybridized carbons (Fsp3) is 0.0909. The number of hydrogen-bond donors (Lipinski definition) is 1. The quantitative estimate of drug-likeness (QED) is 0.467. The predicted octanol–water partition coefficient (Wildman–Crippen LogP) is 0.943. The maximum Gasteiger partial charge on any atom is 0.269 e. The second kappa shape index (κ2) is 3.82. The first-order chi connectivity index (χ1) is 7.99. The lowest BCUT2D eigenvalue weighted by molar-refractivity contribution is -0.384. The molecule has 1 aliphatic rings. The summed E-state index contributed by atoms with van der Waals surface area (Å²) < 4.78 is 0. The van der Waals surface area contributed by atoms with Crippen LogP contribution in [0.5, 0.6) is 0 Å². The van der Waals surface area contributed by atoms with E-state index in [9.17, 15) is 19.7 Å². The van der Waals surface area contributed by atoms with Gasteiger partial charge in [-0.2, -0.15) is 0 Å². The van der Waals surface area contributed by atoms with Crippen molar-refractivity contribution in [2.45, 2.75) is 6.92 Å². The smallest absolute Gasteiger partial charge is 0.269 e. The summed E-state index contributed by atoms with van der Waals surface area (Å²) in [5.41, 5.74) is 1.30. The van der Waals surface area contributed by atoms with Crippen LogP contribution in [0.4, 0.5) is 5.69 Å². The molecule has 0 radical (unpaired) electrons. The highest BCUT2D eigenvalue weighted by Gasteiger charge is 2.24. The van der Waals surface area contributed by atoms with Crippen LogP contribution in [0.2, 0.25) is 0 Å². The number of nitro benzene ring substituents is 1. The van der Waals surface area contributed by atoms with Gasteiger partial charge in [-0.15, -0.1) is 0 Å². The molecule has 6 nitrogen and oxygen atoms in total. The second-order valence-corrected chi connectivity index (χ2v) is 3.63. The molecule has 0 aromatic heterocycles. The van der Waals surface area contributed by atoms with E-state index in [4.69, 9.17) is 0 Å². The van der Waals surface area contributed by atoms with Crippen LogP contribution in [0.15, 0.2) is 24.3 Å². The van der Waals surface area contributed by atoms with Crippen molar-refractivity contribution in [1.82, 2.24) is 5.32 Å². The maximum atomic E-state index is 11.4. The molecular weight excluding hydrogens is 224 g/mol. The number of nitrogens with one attached hydrogen (secondary N) is 1. The van der Waals surface area contributed by atoms with E-state index in [1.165, 1.54) is 24.3 Å². The summed E-state index contributed by atoms with van der Waals surface area (Å²) in [6, 6.07) is 4.14. The van der Waals surface area contributed by atoms with Crippen molar-refractivity contribution in [3.05, 3.63) is 45.5 Å². The fourth-order valence-corrected chi connectivity index (χ4v) is 1.68. The molecule has 0 unspecified atom stereocenters. The first-order valence-electron chi connectivity index (χ1n) is 4.81. The molecule has 2 rings (SSSR count). The van der Waals surface area contributed by atoms with Crippen molar-refractivity contribution >= 4 is 23.1 Å². The highest BCUT2D eigenvalue weighted by Crippen LogP contribution is 2.25. The van der Waals surface area contributed by atoms with Crippen LogP contribution in [0.25, 0.3) is 5.57 Å². The third-order valence-electron chi connectivity index (χ3n) is 2.47. The molecule has 1 aromatic carbocycles. The third kappa shape index (κ3) is 1.92. The van der Waals surface area contributed by atoms with Crippen molar-refractivity contribution < 1.29 is 14.5 Å². The average molecular weight is 232 g/mol. The van der Waals surface area contributed by atoms with E-state index < -0.39 is 16.7 Å². The number of hydrogen-bond acceptors (Lipinski definition) is 4. The highest BCUT2D eigenvalue weighted by molar-refractivity contribution is 6.33. The summed E-state index contributed by atoms with van der Waals surface area (Å²) in [7, 11) is 0. The van der Waals surface area contributed by atoms with Gasteiger partial charge in [-0.3, -0.25) is 25.0 Å². The number of non-ortho nitro benzene ring substituents is 1. The SMILES string of the molecule is Cc1cc([N+](=O)[O-])ccc1C1=CC(=O)NC1=O. The van der Waals surface area contributed by atoms with Gasteiger partial charge in [0.05, 0.1) is 10.5 Å².